The van der Waals surface area contributed by atoms with Crippen molar-refractivity contribution in [2.45, 2.75) is 51.5 Å². The molecule has 4 aliphatic rings. The minimum absolute atomic E-state index is 0.00651. The Morgan fingerprint density at radius 2 is 1.86 bits per heavy atom. The van der Waals surface area contributed by atoms with Gasteiger partial charge in [-0.1, -0.05) is 0 Å². The molecule has 0 unspecified atom stereocenters. The van der Waals surface area contributed by atoms with Crippen molar-refractivity contribution in [2.75, 3.05) is 6.54 Å². The zero-order valence-electron chi connectivity index (χ0n) is 12.4. The van der Waals surface area contributed by atoms with E-state index in [9.17, 15) is 4.79 Å². The van der Waals surface area contributed by atoms with E-state index in [0.717, 1.165) is 30.7 Å². The molecule has 4 bridgehead atoms. The monoisotopic (exact) mass is 289 g/mol. The lowest BCUT2D eigenvalue weighted by Crippen LogP contribution is -2.47. The van der Waals surface area contributed by atoms with Crippen LogP contribution in [0.25, 0.3) is 0 Å². The summed E-state index contributed by atoms with van der Waals surface area (Å²) in [6.45, 7) is 1.01. The van der Waals surface area contributed by atoms with Crippen molar-refractivity contribution >= 4 is 5.91 Å². The van der Waals surface area contributed by atoms with Crippen molar-refractivity contribution < 1.29 is 4.79 Å². The fraction of sp³-hybridized carbons (Fsp3) is 0.867. The zero-order valence-corrected chi connectivity index (χ0v) is 12.4. The average Bonchev–Trinajstić information content (AvgIpc) is 2.89. The van der Waals surface area contributed by atoms with Crippen molar-refractivity contribution in [1.29, 1.82) is 0 Å². The Labute approximate surface area is 124 Å². The third-order valence-electron chi connectivity index (χ3n) is 5.84. The first-order chi connectivity index (χ1) is 10.2. The van der Waals surface area contributed by atoms with E-state index in [0.29, 0.717) is 5.41 Å². The topological polar surface area (TPSA) is 72.7 Å². The van der Waals surface area contributed by atoms with E-state index in [-0.39, 0.29) is 12.5 Å². The van der Waals surface area contributed by atoms with Gasteiger partial charge >= 0.3 is 0 Å². The first-order valence-electron chi connectivity index (χ1n) is 8.18. The molecule has 0 aromatic carbocycles. The summed E-state index contributed by atoms with van der Waals surface area (Å²) >= 11 is 0. The summed E-state index contributed by atoms with van der Waals surface area (Å²) in [5.41, 5.74) is 0.539. The first-order valence-corrected chi connectivity index (χ1v) is 8.18. The van der Waals surface area contributed by atoms with E-state index in [1.807, 2.05) is 0 Å². The predicted molar refractivity (Wildman–Crippen MR) is 76.0 cm³/mol. The maximum absolute atomic E-state index is 11.9. The molecule has 4 saturated carbocycles. The van der Waals surface area contributed by atoms with Crippen LogP contribution in [-0.4, -0.2) is 32.7 Å². The van der Waals surface area contributed by atoms with Crippen molar-refractivity contribution in [3.63, 3.8) is 0 Å². The standard InChI is InChI=1S/C15H23N5O/c21-14(9-20-10-17-18-19-20)16-2-1-15-6-11-3-12(7-15)5-13(4-11)8-15/h10-13H,1-9H2,(H,16,21). The average molecular weight is 289 g/mol. The summed E-state index contributed by atoms with van der Waals surface area (Å²) in [6.07, 6.45) is 11.3. The summed E-state index contributed by atoms with van der Waals surface area (Å²) in [7, 11) is 0. The van der Waals surface area contributed by atoms with Crippen molar-refractivity contribution in [2.24, 2.45) is 23.2 Å². The number of aromatic nitrogens is 4. The Hall–Kier alpha value is -1.46. The van der Waals surface area contributed by atoms with Gasteiger partial charge in [0.1, 0.15) is 12.9 Å². The molecule has 5 rings (SSSR count). The molecule has 6 heteroatoms. The third kappa shape index (κ3) is 2.68. The van der Waals surface area contributed by atoms with Crippen LogP contribution in [0.15, 0.2) is 6.33 Å². The van der Waals surface area contributed by atoms with Gasteiger partial charge in [0.15, 0.2) is 0 Å². The van der Waals surface area contributed by atoms with E-state index in [1.165, 1.54) is 49.5 Å². The Balaban J connectivity index is 1.28. The number of carbonyl (C=O) groups excluding carboxylic acids is 1. The highest BCUT2D eigenvalue weighted by molar-refractivity contribution is 5.75. The van der Waals surface area contributed by atoms with Gasteiger partial charge < -0.3 is 5.32 Å². The van der Waals surface area contributed by atoms with Gasteiger partial charge in [0, 0.05) is 6.54 Å². The highest BCUT2D eigenvalue weighted by Crippen LogP contribution is 2.61. The van der Waals surface area contributed by atoms with Crippen molar-refractivity contribution in [3.8, 4) is 0 Å². The normalized spacial score (nSPS) is 36.9. The van der Waals surface area contributed by atoms with Crippen LogP contribution in [0.3, 0.4) is 0 Å². The summed E-state index contributed by atoms with van der Waals surface area (Å²) in [4.78, 5) is 11.9. The molecule has 0 aliphatic heterocycles. The molecule has 0 saturated heterocycles. The molecule has 1 aromatic rings. The molecule has 1 amide bonds. The van der Waals surface area contributed by atoms with Crippen LogP contribution in [0.5, 0.6) is 0 Å². The number of hydrogen-bond donors (Lipinski definition) is 1. The largest absolute Gasteiger partial charge is 0.354 e. The number of tetrazole rings is 1. The van der Waals surface area contributed by atoms with Gasteiger partial charge in [0.05, 0.1) is 0 Å². The van der Waals surface area contributed by atoms with Crippen LogP contribution >= 0.6 is 0 Å². The zero-order chi connectivity index (χ0) is 14.3. The smallest absolute Gasteiger partial charge is 0.241 e. The number of carbonyl (C=O) groups is 1. The molecule has 1 aromatic heterocycles. The lowest BCUT2D eigenvalue weighted by Gasteiger charge is -2.57. The fourth-order valence-electron chi connectivity index (χ4n) is 5.52. The SMILES string of the molecule is O=C(Cn1cnnn1)NCCC12CC3CC(CC(C3)C1)C2. The maximum atomic E-state index is 11.9. The molecular weight excluding hydrogens is 266 g/mol. The highest BCUT2D eigenvalue weighted by Gasteiger charge is 2.50. The van der Waals surface area contributed by atoms with E-state index in [2.05, 4.69) is 20.8 Å². The van der Waals surface area contributed by atoms with Crippen LogP contribution in [0.2, 0.25) is 0 Å². The second-order valence-corrected chi connectivity index (χ2v) is 7.52. The minimum atomic E-state index is 0.00651. The summed E-state index contributed by atoms with van der Waals surface area (Å²) < 4.78 is 1.46. The molecule has 114 valence electrons. The number of nitrogens with zero attached hydrogens (tertiary/aromatic N) is 4. The van der Waals surface area contributed by atoms with Gasteiger partial charge in [0.25, 0.3) is 0 Å². The Morgan fingerprint density at radius 3 is 2.43 bits per heavy atom. The Morgan fingerprint density at radius 1 is 1.19 bits per heavy atom. The van der Waals surface area contributed by atoms with Gasteiger partial charge in [-0.25, -0.2) is 4.68 Å². The molecule has 4 fully saturated rings. The van der Waals surface area contributed by atoms with Crippen LogP contribution in [0, 0.1) is 23.2 Å². The van der Waals surface area contributed by atoms with Gasteiger partial charge in [-0.2, -0.15) is 0 Å². The maximum Gasteiger partial charge on any atom is 0.241 e. The molecule has 6 nitrogen and oxygen atoms in total. The lowest BCUT2D eigenvalue weighted by atomic mass is 9.49. The Kier molecular flexibility index (Phi) is 3.19. The number of hydrogen-bond acceptors (Lipinski definition) is 4. The van der Waals surface area contributed by atoms with E-state index in [4.69, 9.17) is 0 Å². The molecule has 1 N–H and O–H groups in total. The Bertz CT molecular complexity index is 477. The minimum Gasteiger partial charge on any atom is -0.354 e. The molecule has 0 atom stereocenters. The molecule has 21 heavy (non-hydrogen) atoms. The van der Waals surface area contributed by atoms with Crippen LogP contribution in [0.4, 0.5) is 0 Å². The molecule has 4 aliphatic carbocycles. The first kappa shape index (κ1) is 13.2. The quantitative estimate of drug-likeness (QED) is 0.889. The summed E-state index contributed by atoms with van der Waals surface area (Å²) in [5, 5.41) is 13.8. The molecular formula is C15H23N5O. The van der Waals surface area contributed by atoms with Gasteiger partial charge in [-0.05, 0) is 78.5 Å². The molecule has 0 spiro atoms. The van der Waals surface area contributed by atoms with E-state index < -0.39 is 0 Å². The molecule has 1 heterocycles. The lowest BCUT2D eigenvalue weighted by molar-refractivity contribution is -0.122. The van der Waals surface area contributed by atoms with Crippen molar-refractivity contribution in [1.82, 2.24) is 25.5 Å². The van der Waals surface area contributed by atoms with Crippen LogP contribution in [-0.2, 0) is 11.3 Å². The van der Waals surface area contributed by atoms with Crippen molar-refractivity contribution in [3.05, 3.63) is 6.33 Å². The van der Waals surface area contributed by atoms with Gasteiger partial charge in [-0.15, -0.1) is 5.10 Å². The van der Waals surface area contributed by atoms with Gasteiger partial charge in [-0.3, -0.25) is 4.79 Å². The van der Waals surface area contributed by atoms with Crippen LogP contribution in [0.1, 0.15) is 44.9 Å². The fourth-order valence-corrected chi connectivity index (χ4v) is 5.52. The summed E-state index contributed by atoms with van der Waals surface area (Å²) in [6, 6.07) is 0. The molecule has 0 radical (unpaired) electrons. The predicted octanol–water partition coefficient (Wildman–Crippen LogP) is 1.40. The number of nitrogens with one attached hydrogen (secondary N) is 1. The highest BCUT2D eigenvalue weighted by atomic mass is 16.2. The van der Waals surface area contributed by atoms with E-state index >= 15 is 0 Å². The summed E-state index contributed by atoms with van der Waals surface area (Å²) in [5.74, 6) is 2.95. The third-order valence-corrected chi connectivity index (χ3v) is 5.84. The number of amides is 1. The number of rotatable bonds is 5. The van der Waals surface area contributed by atoms with E-state index in [1.54, 1.807) is 0 Å². The van der Waals surface area contributed by atoms with Crippen LogP contribution < -0.4 is 5.32 Å². The second kappa shape index (κ2) is 5.07. The van der Waals surface area contributed by atoms with Gasteiger partial charge in [0.2, 0.25) is 5.91 Å². The second-order valence-electron chi connectivity index (χ2n) is 7.52.